The first kappa shape index (κ1) is 20.7. The smallest absolute Gasteiger partial charge is 0.343 e. The molecule has 2 aromatic rings. The van der Waals surface area contributed by atoms with Crippen LogP contribution in [0, 0.1) is 0 Å². The Bertz CT molecular complexity index is 823. The summed E-state index contributed by atoms with van der Waals surface area (Å²) in [7, 11) is 0. The van der Waals surface area contributed by atoms with Gasteiger partial charge in [0.2, 0.25) is 0 Å². The van der Waals surface area contributed by atoms with E-state index in [1.807, 2.05) is 0 Å². The summed E-state index contributed by atoms with van der Waals surface area (Å²) in [4.78, 5) is 34.8. The highest BCUT2D eigenvalue weighted by Crippen LogP contribution is 2.16. The largest absolute Gasteiger partial charge is 0.508 e. The van der Waals surface area contributed by atoms with Crippen molar-refractivity contribution in [2.24, 2.45) is 0 Å². The van der Waals surface area contributed by atoms with E-state index in [2.05, 4.69) is 6.58 Å². The van der Waals surface area contributed by atoms with Gasteiger partial charge in [-0.15, -0.1) is 0 Å². The Labute approximate surface area is 162 Å². The van der Waals surface area contributed by atoms with E-state index in [0.29, 0.717) is 24.0 Å². The van der Waals surface area contributed by atoms with Crippen molar-refractivity contribution >= 4 is 17.9 Å². The van der Waals surface area contributed by atoms with E-state index in [4.69, 9.17) is 14.2 Å². The molecule has 0 bridgehead atoms. The molecule has 28 heavy (non-hydrogen) atoms. The van der Waals surface area contributed by atoms with Crippen LogP contribution in [-0.4, -0.2) is 36.2 Å². The number of carbonyl (C=O) groups excluding carboxylic acids is 3. The Balaban J connectivity index is 1.76. The standard InChI is InChI=1S/C21H20O7/c1-2-19(23)26-13-3-4-14-27-20(24)15-7-11-18(12-8-15)28-21(25)16-5-9-17(22)10-6-16/h2,5-12,22H,1,3-4,13-14H2. The van der Waals surface area contributed by atoms with Gasteiger partial charge in [0, 0.05) is 6.08 Å². The Morgan fingerprint density at radius 3 is 1.96 bits per heavy atom. The minimum Gasteiger partial charge on any atom is -0.508 e. The van der Waals surface area contributed by atoms with Crippen LogP contribution in [0.5, 0.6) is 11.5 Å². The molecule has 0 saturated heterocycles. The van der Waals surface area contributed by atoms with Crippen LogP contribution >= 0.6 is 0 Å². The van der Waals surface area contributed by atoms with Crippen LogP contribution in [0.3, 0.4) is 0 Å². The third kappa shape index (κ3) is 6.60. The molecule has 2 rings (SSSR count). The normalized spacial score (nSPS) is 10.0. The Kier molecular flexibility index (Phi) is 7.77. The molecule has 0 fully saturated rings. The van der Waals surface area contributed by atoms with Crippen molar-refractivity contribution in [1.29, 1.82) is 0 Å². The molecule has 0 aliphatic carbocycles. The van der Waals surface area contributed by atoms with Gasteiger partial charge >= 0.3 is 17.9 Å². The lowest BCUT2D eigenvalue weighted by atomic mass is 10.2. The molecule has 0 aliphatic rings. The van der Waals surface area contributed by atoms with Crippen molar-refractivity contribution in [1.82, 2.24) is 0 Å². The lowest BCUT2D eigenvalue weighted by Gasteiger charge is -2.07. The van der Waals surface area contributed by atoms with Gasteiger partial charge in [0.25, 0.3) is 0 Å². The molecule has 1 N–H and O–H groups in total. The number of ether oxygens (including phenoxy) is 3. The third-order valence-electron chi connectivity index (χ3n) is 3.59. The number of aromatic hydroxyl groups is 1. The molecular formula is C21H20O7. The fraction of sp³-hybridized carbons (Fsp3) is 0.190. The average Bonchev–Trinajstić information content (AvgIpc) is 2.71. The zero-order valence-corrected chi connectivity index (χ0v) is 15.1. The van der Waals surface area contributed by atoms with E-state index >= 15 is 0 Å². The number of phenolic OH excluding ortho intramolecular Hbond substituents is 1. The maximum absolute atomic E-state index is 12.0. The molecule has 146 valence electrons. The number of rotatable bonds is 9. The maximum atomic E-state index is 12.0. The topological polar surface area (TPSA) is 99.1 Å². The van der Waals surface area contributed by atoms with E-state index in [-0.39, 0.29) is 24.7 Å². The molecule has 2 aromatic carbocycles. The van der Waals surface area contributed by atoms with Gasteiger partial charge < -0.3 is 19.3 Å². The van der Waals surface area contributed by atoms with Crippen LogP contribution in [0.4, 0.5) is 0 Å². The van der Waals surface area contributed by atoms with E-state index in [0.717, 1.165) is 6.08 Å². The number of unbranched alkanes of at least 4 members (excludes halogenated alkanes) is 1. The molecule has 0 atom stereocenters. The van der Waals surface area contributed by atoms with Crippen molar-refractivity contribution < 1.29 is 33.7 Å². The maximum Gasteiger partial charge on any atom is 0.343 e. The average molecular weight is 384 g/mol. The molecule has 7 heteroatoms. The first-order chi connectivity index (χ1) is 13.5. The molecule has 0 unspecified atom stereocenters. The zero-order valence-electron chi connectivity index (χ0n) is 15.1. The molecule has 0 amide bonds. The molecule has 0 heterocycles. The van der Waals surface area contributed by atoms with Gasteiger partial charge in [0.1, 0.15) is 11.5 Å². The summed E-state index contributed by atoms with van der Waals surface area (Å²) in [6.45, 7) is 3.73. The van der Waals surface area contributed by atoms with Gasteiger partial charge in [0.05, 0.1) is 24.3 Å². The lowest BCUT2D eigenvalue weighted by Crippen LogP contribution is -2.09. The van der Waals surface area contributed by atoms with E-state index in [1.54, 1.807) is 0 Å². The Hall–Kier alpha value is -3.61. The molecule has 0 saturated carbocycles. The summed E-state index contributed by atoms with van der Waals surface area (Å²) in [6.07, 6.45) is 2.21. The van der Waals surface area contributed by atoms with Crippen LogP contribution < -0.4 is 4.74 Å². The first-order valence-electron chi connectivity index (χ1n) is 8.57. The Morgan fingerprint density at radius 2 is 1.36 bits per heavy atom. The van der Waals surface area contributed by atoms with Crippen LogP contribution in [0.1, 0.15) is 33.6 Å². The SMILES string of the molecule is C=CC(=O)OCCCCOC(=O)c1ccc(OC(=O)c2ccc(O)cc2)cc1. The number of hydrogen-bond acceptors (Lipinski definition) is 7. The fourth-order valence-electron chi connectivity index (χ4n) is 2.11. The zero-order chi connectivity index (χ0) is 20.4. The second kappa shape index (κ2) is 10.5. The van der Waals surface area contributed by atoms with Gasteiger partial charge in [0.15, 0.2) is 0 Å². The van der Waals surface area contributed by atoms with Crippen molar-refractivity contribution in [3.63, 3.8) is 0 Å². The number of esters is 3. The van der Waals surface area contributed by atoms with Crippen molar-refractivity contribution in [2.75, 3.05) is 13.2 Å². The first-order valence-corrected chi connectivity index (χ1v) is 8.57. The number of phenols is 1. The van der Waals surface area contributed by atoms with Crippen LogP contribution in [0.2, 0.25) is 0 Å². The lowest BCUT2D eigenvalue weighted by molar-refractivity contribution is -0.137. The van der Waals surface area contributed by atoms with Crippen LogP contribution in [0.15, 0.2) is 61.2 Å². The van der Waals surface area contributed by atoms with Gasteiger partial charge in [-0.1, -0.05) is 6.58 Å². The molecule has 7 nitrogen and oxygen atoms in total. The van der Waals surface area contributed by atoms with Gasteiger partial charge in [-0.25, -0.2) is 14.4 Å². The summed E-state index contributed by atoms with van der Waals surface area (Å²) in [5.41, 5.74) is 0.613. The minimum atomic E-state index is -0.576. The summed E-state index contributed by atoms with van der Waals surface area (Å²) < 4.78 is 15.2. The predicted molar refractivity (Wildman–Crippen MR) is 100 cm³/mol. The summed E-state index contributed by atoms with van der Waals surface area (Å²) in [5.74, 6) is -1.23. The van der Waals surface area contributed by atoms with Crippen molar-refractivity contribution in [3.8, 4) is 11.5 Å². The Morgan fingerprint density at radius 1 is 0.821 bits per heavy atom. The monoisotopic (exact) mass is 384 g/mol. The molecule has 0 spiro atoms. The summed E-state index contributed by atoms with van der Waals surface area (Å²) in [6, 6.07) is 11.6. The van der Waals surface area contributed by atoms with Gasteiger partial charge in [-0.2, -0.15) is 0 Å². The summed E-state index contributed by atoms with van der Waals surface area (Å²) in [5, 5.41) is 9.23. The highest BCUT2D eigenvalue weighted by Gasteiger charge is 2.11. The summed E-state index contributed by atoms with van der Waals surface area (Å²) >= 11 is 0. The third-order valence-corrected chi connectivity index (χ3v) is 3.59. The molecule has 0 aliphatic heterocycles. The second-order valence-electron chi connectivity index (χ2n) is 5.68. The van der Waals surface area contributed by atoms with E-state index in [9.17, 15) is 19.5 Å². The molecular weight excluding hydrogens is 364 g/mol. The van der Waals surface area contributed by atoms with E-state index in [1.165, 1.54) is 48.5 Å². The van der Waals surface area contributed by atoms with Gasteiger partial charge in [-0.05, 0) is 61.4 Å². The minimum absolute atomic E-state index is 0.0530. The number of hydrogen-bond donors (Lipinski definition) is 1. The molecule has 0 aromatic heterocycles. The predicted octanol–water partition coefficient (Wildman–Crippen LogP) is 3.28. The quantitative estimate of drug-likeness (QED) is 0.306. The highest BCUT2D eigenvalue weighted by molar-refractivity contribution is 5.92. The number of carbonyl (C=O) groups is 3. The van der Waals surface area contributed by atoms with E-state index < -0.39 is 17.9 Å². The second-order valence-corrected chi connectivity index (χ2v) is 5.68. The van der Waals surface area contributed by atoms with Crippen molar-refractivity contribution in [2.45, 2.75) is 12.8 Å². The fourth-order valence-corrected chi connectivity index (χ4v) is 2.11. The van der Waals surface area contributed by atoms with Crippen molar-refractivity contribution in [3.05, 3.63) is 72.3 Å². The molecule has 0 radical (unpaired) electrons. The van der Waals surface area contributed by atoms with Gasteiger partial charge in [-0.3, -0.25) is 0 Å². The van der Waals surface area contributed by atoms with Crippen LogP contribution in [0.25, 0.3) is 0 Å². The highest BCUT2D eigenvalue weighted by atomic mass is 16.5. The number of benzene rings is 2. The van der Waals surface area contributed by atoms with Crippen LogP contribution in [-0.2, 0) is 14.3 Å².